The van der Waals surface area contributed by atoms with Gasteiger partial charge in [-0.1, -0.05) is 23.4 Å². The second-order valence-electron chi connectivity index (χ2n) is 7.59. The first-order chi connectivity index (χ1) is 15.2. The Kier molecular flexibility index (Phi) is 5.96. The SMILES string of the molecule is CC1CN(S(=O)(=O)c2cccc(C(=O)Nc3cccc(-c4noc(=O)[nH]4)c3)c2)CC(C)O1. The Bertz CT molecular complexity index is 1290. The van der Waals surface area contributed by atoms with Crippen molar-refractivity contribution in [2.24, 2.45) is 0 Å². The molecule has 1 aromatic heterocycles. The van der Waals surface area contributed by atoms with E-state index < -0.39 is 21.7 Å². The van der Waals surface area contributed by atoms with Crippen LogP contribution in [0, 0.1) is 0 Å². The summed E-state index contributed by atoms with van der Waals surface area (Å²) >= 11 is 0. The van der Waals surface area contributed by atoms with Gasteiger partial charge in [-0.25, -0.2) is 13.2 Å². The van der Waals surface area contributed by atoms with Gasteiger partial charge >= 0.3 is 5.76 Å². The van der Waals surface area contributed by atoms with E-state index >= 15 is 0 Å². The van der Waals surface area contributed by atoms with Crippen LogP contribution in [0.5, 0.6) is 0 Å². The molecule has 0 spiro atoms. The molecule has 1 amide bonds. The lowest BCUT2D eigenvalue weighted by atomic mass is 10.1. The van der Waals surface area contributed by atoms with E-state index in [4.69, 9.17) is 4.74 Å². The van der Waals surface area contributed by atoms with Crippen LogP contribution in [0.2, 0.25) is 0 Å². The summed E-state index contributed by atoms with van der Waals surface area (Å²) in [5.74, 6) is -0.929. The fourth-order valence-electron chi connectivity index (χ4n) is 3.58. The van der Waals surface area contributed by atoms with Gasteiger partial charge in [0, 0.05) is 29.9 Å². The van der Waals surface area contributed by atoms with Gasteiger partial charge in [-0.05, 0) is 44.2 Å². The number of aromatic nitrogens is 2. The van der Waals surface area contributed by atoms with Crippen molar-refractivity contribution in [1.82, 2.24) is 14.4 Å². The highest BCUT2D eigenvalue weighted by atomic mass is 32.2. The van der Waals surface area contributed by atoms with E-state index in [2.05, 4.69) is 20.0 Å². The minimum absolute atomic E-state index is 0.0420. The highest BCUT2D eigenvalue weighted by Gasteiger charge is 2.32. The molecule has 4 rings (SSSR count). The second kappa shape index (κ2) is 8.69. The third kappa shape index (κ3) is 4.64. The van der Waals surface area contributed by atoms with Gasteiger partial charge < -0.3 is 10.1 Å². The number of aromatic amines is 1. The van der Waals surface area contributed by atoms with Crippen molar-refractivity contribution >= 4 is 21.6 Å². The number of nitrogens with one attached hydrogen (secondary N) is 2. The predicted molar refractivity (Wildman–Crippen MR) is 116 cm³/mol. The molecule has 1 fully saturated rings. The number of amides is 1. The number of hydrogen-bond acceptors (Lipinski definition) is 7. The van der Waals surface area contributed by atoms with E-state index in [0.717, 1.165) is 0 Å². The monoisotopic (exact) mass is 458 g/mol. The number of carbonyl (C=O) groups excluding carboxylic acids is 1. The first kappa shape index (κ1) is 21.9. The van der Waals surface area contributed by atoms with Gasteiger partial charge in [-0.15, -0.1) is 0 Å². The zero-order chi connectivity index (χ0) is 22.9. The number of rotatable bonds is 5. The maximum absolute atomic E-state index is 13.1. The molecular weight excluding hydrogens is 436 g/mol. The van der Waals surface area contributed by atoms with Crippen LogP contribution in [-0.4, -0.2) is 54.1 Å². The van der Waals surface area contributed by atoms with Crippen molar-refractivity contribution in [2.45, 2.75) is 31.0 Å². The first-order valence-electron chi connectivity index (χ1n) is 9.96. The number of sulfonamides is 1. The summed E-state index contributed by atoms with van der Waals surface area (Å²) in [5.41, 5.74) is 1.18. The average Bonchev–Trinajstić information content (AvgIpc) is 3.20. The summed E-state index contributed by atoms with van der Waals surface area (Å²) in [6, 6.07) is 12.6. The summed E-state index contributed by atoms with van der Waals surface area (Å²) < 4.78 is 37.7. The zero-order valence-corrected chi connectivity index (χ0v) is 18.3. The Balaban J connectivity index is 1.55. The Morgan fingerprint density at radius 2 is 1.84 bits per heavy atom. The number of anilines is 1. The number of H-pyrrole nitrogens is 1. The molecule has 168 valence electrons. The fraction of sp³-hybridized carbons (Fsp3) is 0.286. The van der Waals surface area contributed by atoms with Crippen LogP contribution in [0.1, 0.15) is 24.2 Å². The molecule has 2 atom stereocenters. The molecule has 0 bridgehead atoms. The molecule has 0 radical (unpaired) electrons. The van der Waals surface area contributed by atoms with Crippen molar-refractivity contribution in [2.75, 3.05) is 18.4 Å². The van der Waals surface area contributed by atoms with Crippen LogP contribution in [0.4, 0.5) is 5.69 Å². The van der Waals surface area contributed by atoms with Crippen LogP contribution >= 0.6 is 0 Å². The van der Waals surface area contributed by atoms with E-state index in [9.17, 15) is 18.0 Å². The van der Waals surface area contributed by atoms with E-state index in [1.165, 1.54) is 28.6 Å². The topological polar surface area (TPSA) is 135 Å². The molecule has 1 aliphatic heterocycles. The summed E-state index contributed by atoms with van der Waals surface area (Å²) in [6.45, 7) is 4.15. The van der Waals surface area contributed by atoms with Crippen molar-refractivity contribution in [3.8, 4) is 11.4 Å². The van der Waals surface area contributed by atoms with E-state index in [0.29, 0.717) is 11.3 Å². The van der Waals surface area contributed by atoms with Gasteiger partial charge in [0.25, 0.3) is 5.91 Å². The molecule has 1 saturated heterocycles. The van der Waals surface area contributed by atoms with Crippen LogP contribution < -0.4 is 11.1 Å². The Labute approximate surface area is 184 Å². The minimum atomic E-state index is -3.78. The summed E-state index contributed by atoms with van der Waals surface area (Å²) in [7, 11) is -3.78. The van der Waals surface area contributed by atoms with Crippen molar-refractivity contribution in [3.63, 3.8) is 0 Å². The molecule has 2 unspecified atom stereocenters. The van der Waals surface area contributed by atoms with Gasteiger partial charge in [0.15, 0.2) is 5.82 Å². The number of carbonyl (C=O) groups is 1. The summed E-state index contributed by atoms with van der Waals surface area (Å²) in [4.78, 5) is 26.4. The molecule has 2 N–H and O–H groups in total. The number of morpholine rings is 1. The van der Waals surface area contributed by atoms with E-state index in [-0.39, 0.29) is 41.6 Å². The lowest BCUT2D eigenvalue weighted by Crippen LogP contribution is -2.48. The number of benzene rings is 2. The smallest absolute Gasteiger partial charge is 0.373 e. The molecule has 2 heterocycles. The molecule has 0 saturated carbocycles. The molecule has 11 heteroatoms. The number of hydrogen-bond donors (Lipinski definition) is 2. The Hall–Kier alpha value is -3.28. The Morgan fingerprint density at radius 3 is 2.53 bits per heavy atom. The third-order valence-corrected chi connectivity index (χ3v) is 6.78. The highest BCUT2D eigenvalue weighted by molar-refractivity contribution is 7.89. The van der Waals surface area contributed by atoms with Crippen LogP contribution in [0.3, 0.4) is 0 Å². The van der Waals surface area contributed by atoms with Crippen LogP contribution in [-0.2, 0) is 14.8 Å². The summed E-state index contributed by atoms with van der Waals surface area (Å²) in [5, 5.41) is 6.35. The molecule has 2 aromatic carbocycles. The highest BCUT2D eigenvalue weighted by Crippen LogP contribution is 2.23. The zero-order valence-electron chi connectivity index (χ0n) is 17.4. The van der Waals surface area contributed by atoms with Crippen molar-refractivity contribution in [3.05, 3.63) is 64.6 Å². The molecule has 0 aliphatic carbocycles. The largest absolute Gasteiger partial charge is 0.439 e. The van der Waals surface area contributed by atoms with Gasteiger partial charge in [0.2, 0.25) is 10.0 Å². The van der Waals surface area contributed by atoms with Crippen LogP contribution in [0.15, 0.2) is 62.7 Å². The maximum Gasteiger partial charge on any atom is 0.439 e. The molecule has 10 nitrogen and oxygen atoms in total. The van der Waals surface area contributed by atoms with E-state index in [1.807, 2.05) is 13.8 Å². The summed E-state index contributed by atoms with van der Waals surface area (Å²) in [6.07, 6.45) is -0.432. The van der Waals surface area contributed by atoms with Crippen molar-refractivity contribution in [1.29, 1.82) is 0 Å². The lowest BCUT2D eigenvalue weighted by Gasteiger charge is -2.34. The van der Waals surface area contributed by atoms with Gasteiger partial charge in [0.05, 0.1) is 17.1 Å². The maximum atomic E-state index is 13.1. The molecular formula is C21H22N4O6S. The quantitative estimate of drug-likeness (QED) is 0.598. The number of nitrogens with zero attached hydrogens (tertiary/aromatic N) is 2. The molecule has 1 aliphatic rings. The normalized spacial score (nSPS) is 19.6. The van der Waals surface area contributed by atoms with Gasteiger partial charge in [0.1, 0.15) is 0 Å². The minimum Gasteiger partial charge on any atom is -0.373 e. The standard InChI is InChI=1S/C21H22N4O6S/c1-13-11-25(12-14(2)30-13)32(28,29)18-8-4-6-16(10-18)20(26)22-17-7-3-5-15(9-17)19-23-21(27)31-24-19/h3-10,13-14H,11-12H2,1-2H3,(H,22,26)(H,23,24,27). The third-order valence-electron chi connectivity index (χ3n) is 4.95. The first-order valence-corrected chi connectivity index (χ1v) is 11.4. The second-order valence-corrected chi connectivity index (χ2v) is 9.52. The Morgan fingerprint density at radius 1 is 1.12 bits per heavy atom. The van der Waals surface area contributed by atoms with Crippen molar-refractivity contribution < 1.29 is 22.5 Å². The molecule has 32 heavy (non-hydrogen) atoms. The number of ether oxygens (including phenoxy) is 1. The average molecular weight is 458 g/mol. The van der Waals surface area contributed by atoms with Crippen LogP contribution in [0.25, 0.3) is 11.4 Å². The fourth-order valence-corrected chi connectivity index (χ4v) is 5.21. The predicted octanol–water partition coefficient (Wildman–Crippen LogP) is 2.08. The van der Waals surface area contributed by atoms with Gasteiger partial charge in [-0.3, -0.25) is 14.3 Å². The lowest BCUT2D eigenvalue weighted by molar-refractivity contribution is -0.0440. The van der Waals surface area contributed by atoms with Gasteiger partial charge in [-0.2, -0.15) is 4.31 Å². The van der Waals surface area contributed by atoms with E-state index in [1.54, 1.807) is 24.3 Å². The molecule has 3 aromatic rings.